The summed E-state index contributed by atoms with van der Waals surface area (Å²) in [5, 5.41) is 17.6. The molecule has 33 heavy (non-hydrogen) atoms. The first-order valence-corrected chi connectivity index (χ1v) is 12.3. The summed E-state index contributed by atoms with van der Waals surface area (Å²) >= 11 is 2.89. The first-order chi connectivity index (χ1) is 16.0. The minimum absolute atomic E-state index is 0.137. The molecule has 1 aliphatic heterocycles. The van der Waals surface area contributed by atoms with E-state index in [1.54, 1.807) is 43.8 Å². The average molecular weight is 481 g/mol. The first kappa shape index (κ1) is 23.1. The Balaban J connectivity index is 1.58. The molecule has 3 heterocycles. The number of likely N-dealkylation sites (N-methyl/N-ethyl adjacent to an activating group) is 1. The van der Waals surface area contributed by atoms with E-state index in [9.17, 15) is 10.1 Å². The van der Waals surface area contributed by atoms with Crippen LogP contribution in [-0.4, -0.2) is 49.4 Å². The van der Waals surface area contributed by atoms with E-state index in [-0.39, 0.29) is 11.7 Å². The number of fused-ring (bicyclic) bond motifs is 1. The molecule has 0 unspecified atom stereocenters. The van der Waals surface area contributed by atoms with Crippen LogP contribution in [0.4, 0.5) is 5.69 Å². The Hall–Kier alpha value is -3.06. The number of nitriles is 1. The number of thioether (sulfide) groups is 1. The first-order valence-electron chi connectivity index (χ1n) is 10.4. The zero-order chi connectivity index (χ0) is 23.4. The van der Waals surface area contributed by atoms with Crippen molar-refractivity contribution in [2.75, 3.05) is 38.9 Å². The van der Waals surface area contributed by atoms with E-state index in [1.807, 2.05) is 11.4 Å². The fourth-order valence-electron chi connectivity index (χ4n) is 3.85. The van der Waals surface area contributed by atoms with E-state index in [1.165, 1.54) is 11.8 Å². The van der Waals surface area contributed by atoms with E-state index in [0.29, 0.717) is 27.8 Å². The van der Waals surface area contributed by atoms with E-state index in [0.717, 1.165) is 41.9 Å². The van der Waals surface area contributed by atoms with Gasteiger partial charge in [-0.25, -0.2) is 4.98 Å². The smallest absolute Gasteiger partial charge is 0.234 e. The van der Waals surface area contributed by atoms with Crippen molar-refractivity contribution in [1.29, 1.82) is 5.26 Å². The minimum atomic E-state index is -0.188. The van der Waals surface area contributed by atoms with Gasteiger partial charge in [0, 0.05) is 42.5 Å². The summed E-state index contributed by atoms with van der Waals surface area (Å²) in [5.74, 6) is 1.08. The van der Waals surface area contributed by atoms with Gasteiger partial charge in [0.25, 0.3) is 0 Å². The third-order valence-electron chi connectivity index (χ3n) is 5.44. The summed E-state index contributed by atoms with van der Waals surface area (Å²) in [7, 11) is 5.19. The van der Waals surface area contributed by atoms with Gasteiger partial charge in [-0.15, -0.1) is 0 Å². The number of hydrogen-bond donors (Lipinski definition) is 1. The van der Waals surface area contributed by atoms with Gasteiger partial charge in [-0.1, -0.05) is 11.8 Å². The second-order valence-corrected chi connectivity index (χ2v) is 9.35. The molecule has 0 spiro atoms. The molecule has 2 aromatic heterocycles. The maximum atomic E-state index is 12.7. The molecule has 4 rings (SSSR count). The summed E-state index contributed by atoms with van der Waals surface area (Å²) < 4.78 is 10.5. The van der Waals surface area contributed by atoms with Gasteiger partial charge in [-0.2, -0.15) is 16.6 Å². The number of amides is 1. The molecule has 0 bridgehead atoms. The lowest BCUT2D eigenvalue weighted by atomic mass is 9.93. The molecule has 1 amide bonds. The number of benzene rings is 1. The zero-order valence-electron chi connectivity index (χ0n) is 18.7. The summed E-state index contributed by atoms with van der Waals surface area (Å²) in [6, 6.07) is 9.61. The van der Waals surface area contributed by atoms with Crippen LogP contribution in [0.5, 0.6) is 11.5 Å². The molecule has 9 heteroatoms. The van der Waals surface area contributed by atoms with Crippen LogP contribution in [0.25, 0.3) is 11.1 Å². The number of rotatable bonds is 7. The van der Waals surface area contributed by atoms with Gasteiger partial charge < -0.3 is 19.7 Å². The summed E-state index contributed by atoms with van der Waals surface area (Å²) in [6.45, 7) is 1.67. The molecule has 0 saturated carbocycles. The van der Waals surface area contributed by atoms with Gasteiger partial charge in [0.05, 0.1) is 25.5 Å². The molecule has 7 nitrogen and oxygen atoms in total. The van der Waals surface area contributed by atoms with E-state index in [4.69, 9.17) is 14.5 Å². The van der Waals surface area contributed by atoms with Gasteiger partial charge in [0.2, 0.25) is 5.91 Å². The van der Waals surface area contributed by atoms with Gasteiger partial charge in [-0.3, -0.25) is 4.79 Å². The number of anilines is 1. The predicted octanol–water partition coefficient (Wildman–Crippen LogP) is 4.42. The summed E-state index contributed by atoms with van der Waals surface area (Å²) in [6.07, 6.45) is 0.820. The Kier molecular flexibility index (Phi) is 7.18. The van der Waals surface area contributed by atoms with Crippen molar-refractivity contribution in [1.82, 2.24) is 9.88 Å². The van der Waals surface area contributed by atoms with Gasteiger partial charge in [0.15, 0.2) is 11.5 Å². The topological polar surface area (TPSA) is 87.5 Å². The van der Waals surface area contributed by atoms with E-state index >= 15 is 0 Å². The van der Waals surface area contributed by atoms with Crippen molar-refractivity contribution in [3.05, 3.63) is 51.8 Å². The second-order valence-electron chi connectivity index (χ2n) is 7.61. The molecule has 0 fully saturated rings. The molecular formula is C24H24N4O3S2. The van der Waals surface area contributed by atoms with Crippen molar-refractivity contribution < 1.29 is 14.3 Å². The predicted molar refractivity (Wildman–Crippen MR) is 131 cm³/mol. The number of pyridine rings is 1. The highest BCUT2D eigenvalue weighted by atomic mass is 32.2. The molecular weight excluding hydrogens is 456 g/mol. The molecule has 0 radical (unpaired) electrons. The number of carbonyl (C=O) groups is 1. The fourth-order valence-corrected chi connectivity index (χ4v) is 5.30. The van der Waals surface area contributed by atoms with Crippen molar-refractivity contribution in [2.24, 2.45) is 0 Å². The lowest BCUT2D eigenvalue weighted by molar-refractivity contribution is -0.113. The standard InChI is InChI=1S/C24H24N4O3S2/c1-28-8-6-19-18(12-28)23(15-7-9-32-13-15)17(11-25)24(27-19)33-14-22(29)26-16-4-5-20(30-2)21(10-16)31-3/h4-5,7,9-10,13H,6,8,12,14H2,1-3H3,(H,26,29). The fraction of sp³-hybridized carbons (Fsp3) is 0.292. The van der Waals surface area contributed by atoms with E-state index in [2.05, 4.69) is 28.7 Å². The van der Waals surface area contributed by atoms with Crippen LogP contribution in [0.1, 0.15) is 16.8 Å². The Morgan fingerprint density at radius 2 is 2.12 bits per heavy atom. The number of thiophene rings is 1. The number of ether oxygens (including phenoxy) is 2. The van der Waals surface area contributed by atoms with Crippen LogP contribution >= 0.6 is 23.1 Å². The molecule has 1 aliphatic rings. The number of hydrogen-bond acceptors (Lipinski definition) is 8. The highest BCUT2D eigenvalue weighted by Crippen LogP contribution is 2.38. The van der Waals surface area contributed by atoms with Crippen LogP contribution in [-0.2, 0) is 17.8 Å². The van der Waals surface area contributed by atoms with Gasteiger partial charge >= 0.3 is 0 Å². The lowest BCUT2D eigenvalue weighted by Gasteiger charge is -2.27. The highest BCUT2D eigenvalue weighted by Gasteiger charge is 2.25. The maximum Gasteiger partial charge on any atom is 0.234 e. The quantitative estimate of drug-likeness (QED) is 0.501. The Morgan fingerprint density at radius 1 is 1.30 bits per heavy atom. The van der Waals surface area contributed by atoms with E-state index < -0.39 is 0 Å². The van der Waals surface area contributed by atoms with Crippen LogP contribution in [0.15, 0.2) is 40.1 Å². The molecule has 1 N–H and O–H groups in total. The minimum Gasteiger partial charge on any atom is -0.493 e. The maximum absolute atomic E-state index is 12.7. The Labute approximate surface area is 201 Å². The van der Waals surface area contributed by atoms with Crippen molar-refractivity contribution >= 4 is 34.7 Å². The number of aromatic nitrogens is 1. The molecule has 0 saturated heterocycles. The summed E-state index contributed by atoms with van der Waals surface area (Å²) in [5.41, 5.74) is 5.24. The normalized spacial score (nSPS) is 13.2. The number of nitrogens with zero attached hydrogens (tertiary/aromatic N) is 3. The van der Waals surface area contributed by atoms with Gasteiger partial charge in [0.1, 0.15) is 11.1 Å². The summed E-state index contributed by atoms with van der Waals surface area (Å²) in [4.78, 5) is 19.7. The van der Waals surface area contributed by atoms with Crippen LogP contribution in [0, 0.1) is 11.3 Å². The Morgan fingerprint density at radius 3 is 2.82 bits per heavy atom. The Bertz CT molecular complexity index is 1210. The number of carbonyl (C=O) groups excluding carboxylic acids is 1. The molecule has 3 aromatic rings. The van der Waals surface area contributed by atoms with Crippen LogP contribution in [0.2, 0.25) is 0 Å². The van der Waals surface area contributed by atoms with Crippen LogP contribution < -0.4 is 14.8 Å². The lowest BCUT2D eigenvalue weighted by Crippen LogP contribution is -2.28. The molecule has 0 aliphatic carbocycles. The third kappa shape index (κ3) is 4.98. The van der Waals surface area contributed by atoms with Crippen molar-refractivity contribution in [3.8, 4) is 28.7 Å². The van der Waals surface area contributed by atoms with Crippen molar-refractivity contribution in [2.45, 2.75) is 18.0 Å². The SMILES string of the molecule is COc1ccc(NC(=O)CSc2nc3c(c(-c4ccsc4)c2C#N)CN(C)CC3)cc1OC. The largest absolute Gasteiger partial charge is 0.493 e. The molecule has 0 atom stereocenters. The monoisotopic (exact) mass is 480 g/mol. The second kappa shape index (κ2) is 10.3. The number of methoxy groups -OCH3 is 2. The van der Waals surface area contributed by atoms with Gasteiger partial charge in [-0.05, 0) is 47.1 Å². The van der Waals surface area contributed by atoms with Crippen molar-refractivity contribution in [3.63, 3.8) is 0 Å². The molecule has 1 aromatic carbocycles. The zero-order valence-corrected chi connectivity index (χ0v) is 20.3. The van der Waals surface area contributed by atoms with Crippen LogP contribution in [0.3, 0.4) is 0 Å². The highest BCUT2D eigenvalue weighted by molar-refractivity contribution is 8.00. The number of nitrogens with one attached hydrogen (secondary N) is 1. The molecule has 170 valence electrons. The third-order valence-corrected chi connectivity index (χ3v) is 7.10. The average Bonchev–Trinajstić information content (AvgIpc) is 3.36.